The molecule has 2 aliphatic heterocycles. The fourth-order valence-corrected chi connectivity index (χ4v) is 5.15. The first kappa shape index (κ1) is 34.3. The number of halogens is 1. The van der Waals surface area contributed by atoms with Crippen molar-refractivity contribution in [1.82, 2.24) is 20.0 Å². The molecule has 4 rings (SSSR count). The average Bonchev–Trinajstić information content (AvgIpc) is 3.15. The number of carboxylic acids is 1. The highest BCUT2D eigenvalue weighted by Gasteiger charge is 2.20. The Balaban J connectivity index is 0.000000378. The van der Waals surface area contributed by atoms with E-state index in [-0.39, 0.29) is 18.2 Å². The van der Waals surface area contributed by atoms with Gasteiger partial charge in [-0.15, -0.1) is 11.6 Å². The lowest BCUT2D eigenvalue weighted by Crippen LogP contribution is -2.49. The summed E-state index contributed by atoms with van der Waals surface area (Å²) in [5, 5.41) is 22.0. The Hall–Kier alpha value is -2.91. The zero-order valence-electron chi connectivity index (χ0n) is 24.8. The minimum atomic E-state index is -0.830. The van der Waals surface area contributed by atoms with E-state index >= 15 is 0 Å². The van der Waals surface area contributed by atoms with E-state index in [1.165, 1.54) is 12.0 Å². The highest BCUT2D eigenvalue weighted by molar-refractivity contribution is 6.15. The number of piperazine rings is 1. The first-order valence-corrected chi connectivity index (χ1v) is 15.0. The summed E-state index contributed by atoms with van der Waals surface area (Å²) in [4.78, 5) is 29.8. The van der Waals surface area contributed by atoms with Crippen LogP contribution in [-0.4, -0.2) is 108 Å². The fraction of sp³-hybridized carbons (Fsp3) is 0.500. The molecule has 2 heterocycles. The van der Waals surface area contributed by atoms with E-state index in [2.05, 4.69) is 42.2 Å². The molecule has 8 nitrogen and oxygen atoms in total. The van der Waals surface area contributed by atoms with E-state index in [0.717, 1.165) is 49.3 Å². The van der Waals surface area contributed by atoms with Crippen molar-refractivity contribution in [2.24, 2.45) is 0 Å². The Labute approximate surface area is 250 Å². The molecule has 1 atom stereocenters. The minimum Gasteiger partial charge on any atom is -0.508 e. The van der Waals surface area contributed by atoms with E-state index in [4.69, 9.17) is 5.11 Å². The molecule has 2 aromatic rings. The van der Waals surface area contributed by atoms with E-state index < -0.39 is 5.97 Å². The molecule has 2 fully saturated rings. The fourth-order valence-electron chi connectivity index (χ4n) is 5.15. The molecular formula is C32H47ClN4O4. The zero-order chi connectivity index (χ0) is 30.2. The van der Waals surface area contributed by atoms with Crippen molar-refractivity contribution in [2.75, 3.05) is 65.3 Å². The maximum Gasteiger partial charge on any atom is 0.317 e. The summed E-state index contributed by atoms with van der Waals surface area (Å²) >= 11 is 4.64. The highest BCUT2D eigenvalue weighted by Crippen LogP contribution is 2.17. The molecule has 0 radical (unpaired) electrons. The van der Waals surface area contributed by atoms with Crippen LogP contribution in [0.2, 0.25) is 0 Å². The third-order valence-corrected chi connectivity index (χ3v) is 6.91. The molecule has 0 spiro atoms. The summed E-state index contributed by atoms with van der Waals surface area (Å²) in [6, 6.07) is 15.8. The Morgan fingerprint density at radius 3 is 2.29 bits per heavy atom. The quantitative estimate of drug-likeness (QED) is 0.319. The van der Waals surface area contributed by atoms with Gasteiger partial charge in [0.05, 0.1) is 13.0 Å². The van der Waals surface area contributed by atoms with Crippen molar-refractivity contribution >= 4 is 23.5 Å². The normalized spacial score (nSPS) is 17.8. The topological polar surface area (TPSA) is 96.4 Å². The number of phenols is 1. The molecule has 0 aliphatic carbocycles. The van der Waals surface area contributed by atoms with Gasteiger partial charge in [0, 0.05) is 64.8 Å². The van der Waals surface area contributed by atoms with E-state index in [0.29, 0.717) is 45.1 Å². The maximum atomic E-state index is 12.7. The summed E-state index contributed by atoms with van der Waals surface area (Å²) in [6.45, 7) is 15.3. The van der Waals surface area contributed by atoms with Crippen LogP contribution in [0.3, 0.4) is 0 Å². The molecule has 2 saturated heterocycles. The van der Waals surface area contributed by atoms with E-state index in [9.17, 15) is 14.7 Å². The molecule has 226 valence electrons. The van der Waals surface area contributed by atoms with Gasteiger partial charge < -0.3 is 20.4 Å². The molecule has 0 saturated carbocycles. The van der Waals surface area contributed by atoms with Crippen LogP contribution in [0.1, 0.15) is 37.0 Å². The van der Waals surface area contributed by atoms with Crippen molar-refractivity contribution in [3.63, 3.8) is 0 Å². The molecule has 41 heavy (non-hydrogen) atoms. The lowest BCUT2D eigenvalue weighted by molar-refractivity contribution is -0.138. The second-order valence-corrected chi connectivity index (χ2v) is 10.8. The third kappa shape index (κ3) is 13.5. The molecule has 2 aromatic carbocycles. The number of benzene rings is 2. The number of hydrogen-bond acceptors (Lipinski definition) is 6. The summed E-state index contributed by atoms with van der Waals surface area (Å²) in [7, 11) is 0. The number of carbonyl (C=O) groups excluding carboxylic acids is 1. The number of amides is 1. The number of alkyl halides is 1. The SMILES string of the molecule is C=C(C)CN1CCNC(C)C1.CCl.O=C(O)CN1CCCN(C(=O)Cc2cccc(Cc3cccc(O)c3)c2)CC1. The number of carboxylic acid groups (broad SMARTS) is 1. The number of nitrogens with one attached hydrogen (secondary N) is 1. The second-order valence-electron chi connectivity index (χ2n) is 10.8. The molecule has 1 unspecified atom stereocenters. The number of aromatic hydroxyl groups is 1. The first-order valence-electron chi connectivity index (χ1n) is 14.2. The van der Waals surface area contributed by atoms with Gasteiger partial charge in [0.15, 0.2) is 0 Å². The van der Waals surface area contributed by atoms with Crippen molar-refractivity contribution in [1.29, 1.82) is 0 Å². The van der Waals surface area contributed by atoms with Crippen LogP contribution in [-0.2, 0) is 22.4 Å². The van der Waals surface area contributed by atoms with Crippen molar-refractivity contribution in [3.05, 3.63) is 77.4 Å². The Bertz CT molecular complexity index is 1110. The largest absolute Gasteiger partial charge is 0.508 e. The summed E-state index contributed by atoms with van der Waals surface area (Å²) in [5.41, 5.74) is 4.35. The van der Waals surface area contributed by atoms with Crippen LogP contribution in [0.5, 0.6) is 5.75 Å². The molecule has 2 aliphatic rings. The number of nitrogens with zero attached hydrogens (tertiary/aromatic N) is 3. The van der Waals surface area contributed by atoms with Gasteiger partial charge in [0.2, 0.25) is 5.91 Å². The molecule has 0 aromatic heterocycles. The van der Waals surface area contributed by atoms with Crippen LogP contribution >= 0.6 is 11.6 Å². The average molecular weight is 587 g/mol. The molecule has 3 N–H and O–H groups in total. The van der Waals surface area contributed by atoms with Crippen LogP contribution < -0.4 is 5.32 Å². The van der Waals surface area contributed by atoms with Gasteiger partial charge in [-0.1, -0.05) is 48.6 Å². The minimum absolute atomic E-state index is 0.0269. The molecular weight excluding hydrogens is 540 g/mol. The number of rotatable bonds is 8. The van der Waals surface area contributed by atoms with Gasteiger partial charge >= 0.3 is 5.97 Å². The van der Waals surface area contributed by atoms with Crippen molar-refractivity contribution < 1.29 is 19.8 Å². The van der Waals surface area contributed by atoms with Crippen LogP contribution in [0, 0.1) is 0 Å². The maximum absolute atomic E-state index is 12.7. The predicted molar refractivity (Wildman–Crippen MR) is 167 cm³/mol. The van der Waals surface area contributed by atoms with Gasteiger partial charge in [0.1, 0.15) is 5.75 Å². The lowest BCUT2D eigenvalue weighted by atomic mass is 10.0. The van der Waals surface area contributed by atoms with Gasteiger partial charge in [0.25, 0.3) is 0 Å². The Morgan fingerprint density at radius 1 is 0.951 bits per heavy atom. The summed E-state index contributed by atoms with van der Waals surface area (Å²) in [6.07, 6.45) is 3.30. The van der Waals surface area contributed by atoms with Gasteiger partial charge in [-0.2, -0.15) is 0 Å². The Kier molecular flexibility index (Phi) is 15.5. The Morgan fingerprint density at radius 2 is 1.63 bits per heavy atom. The van der Waals surface area contributed by atoms with Gasteiger partial charge in [-0.25, -0.2) is 0 Å². The number of carbonyl (C=O) groups is 2. The van der Waals surface area contributed by atoms with Crippen molar-refractivity contribution in [3.8, 4) is 5.75 Å². The van der Waals surface area contributed by atoms with Gasteiger partial charge in [-0.05, 0) is 55.5 Å². The lowest BCUT2D eigenvalue weighted by Gasteiger charge is -2.31. The van der Waals surface area contributed by atoms with Crippen LogP contribution in [0.25, 0.3) is 0 Å². The monoisotopic (exact) mass is 586 g/mol. The number of hydrogen-bond donors (Lipinski definition) is 3. The van der Waals surface area contributed by atoms with E-state index in [1.807, 2.05) is 46.2 Å². The summed E-state index contributed by atoms with van der Waals surface area (Å²) in [5.74, 6) is -0.503. The molecule has 9 heteroatoms. The standard InChI is InChI=1S/C22H26N2O4.C9H18N2.CH3Cl/c25-20-7-2-6-18(14-20)12-17-4-1-5-19(13-17)15-21(26)24-9-3-8-23(10-11-24)16-22(27)28;1-8(2)6-11-5-4-10-9(3)7-11;1-2/h1-2,4-7,13-14,25H,3,8-12,15-16H2,(H,27,28);9-10H,1,4-7H2,2-3H3;1H3. The highest BCUT2D eigenvalue weighted by atomic mass is 35.5. The number of phenolic OH excluding ortho intramolecular Hbond substituents is 1. The molecule has 0 bridgehead atoms. The predicted octanol–water partition coefficient (Wildman–Crippen LogP) is 3.86. The molecule has 1 amide bonds. The zero-order valence-corrected chi connectivity index (χ0v) is 25.6. The number of aliphatic carboxylic acids is 1. The smallest absolute Gasteiger partial charge is 0.317 e. The van der Waals surface area contributed by atoms with Gasteiger partial charge in [-0.3, -0.25) is 19.4 Å². The van der Waals surface area contributed by atoms with Crippen LogP contribution in [0.4, 0.5) is 0 Å². The van der Waals surface area contributed by atoms with E-state index in [1.54, 1.807) is 12.1 Å². The summed E-state index contributed by atoms with van der Waals surface area (Å²) < 4.78 is 0. The first-order chi connectivity index (χ1) is 19.7. The third-order valence-electron chi connectivity index (χ3n) is 6.91. The van der Waals surface area contributed by atoms with Crippen LogP contribution in [0.15, 0.2) is 60.7 Å². The second kappa shape index (κ2) is 18.5. The van der Waals surface area contributed by atoms with Crippen molar-refractivity contribution in [2.45, 2.75) is 39.2 Å².